The van der Waals surface area contributed by atoms with Gasteiger partial charge in [-0.1, -0.05) is 30.3 Å². The largest absolute Gasteiger partial charge is 0.416 e. The van der Waals surface area contributed by atoms with Crippen LogP contribution in [0, 0.1) is 0 Å². The van der Waals surface area contributed by atoms with Gasteiger partial charge in [-0.15, -0.1) is 0 Å². The second-order valence-electron chi connectivity index (χ2n) is 10.1. The Morgan fingerprint density at radius 1 is 1.02 bits per heavy atom. The first kappa shape index (κ1) is 31.9. The van der Waals surface area contributed by atoms with Gasteiger partial charge in [0.05, 0.1) is 36.5 Å². The standard InChI is InChI=1S/C28H33F6N5O3/c1-18(20-13-21(27(29,30)31)15-22(14-20)28(32,33)34)42-26-25(19-7-5-4-6-8-19)39(10-12-41-26)17-24-23(35-37-36-24)16-38(2)9-11-40-3/h4-8,13-15,18,25-26H,9-12,16-17H2,1-3H3,(H,35,36,37)/t18-,25+,26-/m1/s1. The number of morpholine rings is 1. The Hall–Kier alpha value is -3.04. The molecule has 1 N–H and O–H groups in total. The van der Waals surface area contributed by atoms with Gasteiger partial charge in [0.1, 0.15) is 11.4 Å². The molecular formula is C28H33F6N5O3. The zero-order chi connectivity index (χ0) is 30.5. The molecule has 8 nitrogen and oxygen atoms in total. The molecule has 2 aromatic carbocycles. The van der Waals surface area contributed by atoms with Crippen LogP contribution in [0.25, 0.3) is 0 Å². The van der Waals surface area contributed by atoms with Gasteiger partial charge in [0.2, 0.25) is 0 Å². The van der Waals surface area contributed by atoms with E-state index in [1.807, 2.05) is 42.3 Å². The smallest absolute Gasteiger partial charge is 0.383 e. The lowest BCUT2D eigenvalue weighted by molar-refractivity contribution is -0.231. The van der Waals surface area contributed by atoms with E-state index in [2.05, 4.69) is 20.3 Å². The van der Waals surface area contributed by atoms with Crippen molar-refractivity contribution >= 4 is 0 Å². The molecule has 0 radical (unpaired) electrons. The predicted molar refractivity (Wildman–Crippen MR) is 140 cm³/mol. The molecule has 1 aliphatic rings. The summed E-state index contributed by atoms with van der Waals surface area (Å²) < 4.78 is 98.1. The molecule has 2 heterocycles. The molecule has 3 atom stereocenters. The van der Waals surface area contributed by atoms with Crippen LogP contribution < -0.4 is 0 Å². The molecule has 1 aromatic heterocycles. The summed E-state index contributed by atoms with van der Waals surface area (Å²) in [5, 5.41) is 11.3. The van der Waals surface area contributed by atoms with Crippen LogP contribution in [0.5, 0.6) is 0 Å². The molecular weight excluding hydrogens is 568 g/mol. The molecule has 230 valence electrons. The van der Waals surface area contributed by atoms with Crippen molar-refractivity contribution in [1.29, 1.82) is 0 Å². The molecule has 1 fully saturated rings. The summed E-state index contributed by atoms with van der Waals surface area (Å²) in [4.78, 5) is 4.09. The first-order valence-corrected chi connectivity index (χ1v) is 13.3. The number of rotatable bonds is 11. The first-order chi connectivity index (χ1) is 19.9. The van der Waals surface area contributed by atoms with E-state index in [0.717, 1.165) is 11.3 Å². The Balaban J connectivity index is 1.60. The van der Waals surface area contributed by atoms with Crippen molar-refractivity contribution in [3.63, 3.8) is 0 Å². The second-order valence-corrected chi connectivity index (χ2v) is 10.1. The van der Waals surface area contributed by atoms with Crippen LogP contribution in [0.3, 0.4) is 0 Å². The van der Waals surface area contributed by atoms with E-state index in [4.69, 9.17) is 14.2 Å². The van der Waals surface area contributed by atoms with E-state index >= 15 is 0 Å². The van der Waals surface area contributed by atoms with Gasteiger partial charge in [-0.05, 0) is 43.3 Å². The van der Waals surface area contributed by atoms with Crippen LogP contribution in [-0.4, -0.2) is 72.0 Å². The van der Waals surface area contributed by atoms with Gasteiger partial charge < -0.3 is 14.2 Å². The van der Waals surface area contributed by atoms with Crippen molar-refractivity contribution in [2.45, 2.75) is 50.8 Å². The lowest BCUT2D eigenvalue weighted by atomic mass is 10.0. The quantitative estimate of drug-likeness (QED) is 0.287. The number of methoxy groups -OCH3 is 1. The van der Waals surface area contributed by atoms with Gasteiger partial charge in [-0.2, -0.15) is 41.8 Å². The van der Waals surface area contributed by atoms with E-state index in [0.29, 0.717) is 50.6 Å². The number of alkyl halides is 6. The van der Waals surface area contributed by atoms with Crippen LogP contribution in [-0.2, 0) is 39.7 Å². The molecule has 0 unspecified atom stereocenters. The summed E-state index contributed by atoms with van der Waals surface area (Å²) in [6, 6.07) is 10.1. The SMILES string of the molecule is COCCN(C)Cc1n[nH]nc1CN1CCO[C@H](O[C@H](C)c2cc(C(F)(F)F)cc(C(F)(F)F)c2)[C@@H]1c1ccccc1. The van der Waals surface area contributed by atoms with Gasteiger partial charge >= 0.3 is 12.4 Å². The Morgan fingerprint density at radius 2 is 1.67 bits per heavy atom. The third-order valence-corrected chi connectivity index (χ3v) is 7.02. The minimum atomic E-state index is -4.96. The highest BCUT2D eigenvalue weighted by Crippen LogP contribution is 2.40. The van der Waals surface area contributed by atoms with E-state index < -0.39 is 41.9 Å². The number of H-pyrrole nitrogens is 1. The van der Waals surface area contributed by atoms with E-state index in [9.17, 15) is 26.3 Å². The summed E-state index contributed by atoms with van der Waals surface area (Å²) in [6.07, 6.45) is -12.1. The average Bonchev–Trinajstić information content (AvgIpc) is 3.37. The fourth-order valence-corrected chi connectivity index (χ4v) is 4.79. The van der Waals surface area contributed by atoms with Crippen molar-refractivity contribution in [2.24, 2.45) is 0 Å². The number of nitrogens with zero attached hydrogens (tertiary/aromatic N) is 4. The molecule has 0 amide bonds. The molecule has 0 spiro atoms. The number of ether oxygens (including phenoxy) is 3. The molecule has 3 aromatic rings. The van der Waals surface area contributed by atoms with E-state index in [1.165, 1.54) is 6.92 Å². The molecule has 42 heavy (non-hydrogen) atoms. The van der Waals surface area contributed by atoms with E-state index in [-0.39, 0.29) is 18.2 Å². The third-order valence-electron chi connectivity index (χ3n) is 7.02. The summed E-state index contributed by atoms with van der Waals surface area (Å²) >= 11 is 0. The van der Waals surface area contributed by atoms with Crippen LogP contribution in [0.2, 0.25) is 0 Å². The lowest BCUT2D eigenvalue weighted by Gasteiger charge is -2.42. The van der Waals surface area contributed by atoms with Crippen molar-refractivity contribution in [1.82, 2.24) is 25.2 Å². The zero-order valence-electron chi connectivity index (χ0n) is 23.4. The number of benzene rings is 2. The maximum atomic E-state index is 13.5. The maximum absolute atomic E-state index is 13.5. The third kappa shape index (κ3) is 8.07. The Kier molecular flexibility index (Phi) is 10.3. The summed E-state index contributed by atoms with van der Waals surface area (Å²) in [6.45, 7) is 4.21. The van der Waals surface area contributed by atoms with Crippen LogP contribution in [0.1, 0.15) is 52.7 Å². The predicted octanol–water partition coefficient (Wildman–Crippen LogP) is 5.60. The van der Waals surface area contributed by atoms with Crippen LogP contribution in [0.15, 0.2) is 48.5 Å². The molecule has 14 heteroatoms. The van der Waals surface area contributed by atoms with Gasteiger partial charge in [0.15, 0.2) is 6.29 Å². The van der Waals surface area contributed by atoms with Gasteiger partial charge in [-0.25, -0.2) is 0 Å². The molecule has 4 rings (SSSR count). The van der Waals surface area contributed by atoms with Crippen molar-refractivity contribution in [3.05, 3.63) is 82.2 Å². The Labute approximate surface area is 239 Å². The highest BCUT2D eigenvalue weighted by Gasteiger charge is 2.39. The van der Waals surface area contributed by atoms with Crippen LogP contribution >= 0.6 is 0 Å². The number of hydrogen-bond acceptors (Lipinski definition) is 7. The highest BCUT2D eigenvalue weighted by molar-refractivity contribution is 5.35. The molecule has 0 aliphatic carbocycles. The minimum absolute atomic E-state index is 0.101. The van der Waals surface area contributed by atoms with Crippen LogP contribution in [0.4, 0.5) is 26.3 Å². The molecule has 1 saturated heterocycles. The number of aromatic nitrogens is 3. The summed E-state index contributed by atoms with van der Waals surface area (Å²) in [5.74, 6) is 0. The van der Waals surface area contributed by atoms with Gasteiger partial charge in [0.25, 0.3) is 0 Å². The number of likely N-dealkylation sites (N-methyl/N-ethyl adjacent to an activating group) is 1. The Bertz CT molecular complexity index is 1250. The topological polar surface area (TPSA) is 75.7 Å². The van der Waals surface area contributed by atoms with Gasteiger partial charge in [-0.3, -0.25) is 9.80 Å². The number of halogens is 6. The normalized spacial score (nSPS) is 19.4. The zero-order valence-corrected chi connectivity index (χ0v) is 23.4. The molecule has 0 saturated carbocycles. The highest BCUT2D eigenvalue weighted by atomic mass is 19.4. The lowest BCUT2D eigenvalue weighted by Crippen LogP contribution is -2.46. The summed E-state index contributed by atoms with van der Waals surface area (Å²) in [7, 11) is 3.56. The fraction of sp³-hybridized carbons (Fsp3) is 0.500. The van der Waals surface area contributed by atoms with E-state index in [1.54, 1.807) is 7.11 Å². The fourth-order valence-electron chi connectivity index (χ4n) is 4.79. The van der Waals surface area contributed by atoms with Crippen molar-refractivity contribution in [3.8, 4) is 0 Å². The first-order valence-electron chi connectivity index (χ1n) is 13.3. The molecule has 1 aliphatic heterocycles. The van der Waals surface area contributed by atoms with Crippen molar-refractivity contribution < 1.29 is 40.6 Å². The number of nitrogens with one attached hydrogen (secondary N) is 1. The van der Waals surface area contributed by atoms with Gasteiger partial charge in [0, 0.05) is 33.3 Å². The minimum Gasteiger partial charge on any atom is -0.383 e. The second kappa shape index (κ2) is 13.5. The maximum Gasteiger partial charge on any atom is 0.416 e. The van der Waals surface area contributed by atoms with Crippen molar-refractivity contribution in [2.75, 3.05) is 40.5 Å². The number of aromatic amines is 1. The summed E-state index contributed by atoms with van der Waals surface area (Å²) in [5.41, 5.74) is -0.826. The monoisotopic (exact) mass is 601 g/mol. The average molecular weight is 602 g/mol. The number of hydrogen-bond donors (Lipinski definition) is 1. The Morgan fingerprint density at radius 3 is 2.29 bits per heavy atom. The molecule has 0 bridgehead atoms.